The lowest BCUT2D eigenvalue weighted by Crippen LogP contribution is -2.51. The quantitative estimate of drug-likeness (QED) is 0.560. The SMILES string of the molecule is C=C1CCC(N2C(=O)c3cccc(NCc4cnn(C5CCN(S(C)(=O)=O)CC5)c4)c3C2=O)C(=O)N1. The third-order valence-corrected chi connectivity index (χ3v) is 8.29. The van der Waals surface area contributed by atoms with Crippen molar-refractivity contribution in [1.82, 2.24) is 24.3 Å². The maximum atomic E-state index is 13.3. The molecule has 0 aliphatic carbocycles. The first kappa shape index (κ1) is 24.2. The number of rotatable bonds is 6. The highest BCUT2D eigenvalue weighted by Gasteiger charge is 2.45. The number of hydrogen-bond donors (Lipinski definition) is 2. The molecule has 1 atom stereocenters. The van der Waals surface area contributed by atoms with E-state index in [0.29, 0.717) is 56.7 Å². The molecule has 36 heavy (non-hydrogen) atoms. The summed E-state index contributed by atoms with van der Waals surface area (Å²) in [6.07, 6.45) is 7.09. The number of benzene rings is 1. The number of nitrogens with zero attached hydrogens (tertiary/aromatic N) is 4. The van der Waals surface area contributed by atoms with Crippen LogP contribution in [0.5, 0.6) is 0 Å². The molecule has 0 bridgehead atoms. The van der Waals surface area contributed by atoms with Crippen molar-refractivity contribution in [2.24, 2.45) is 0 Å². The average Bonchev–Trinajstić information content (AvgIpc) is 3.41. The minimum absolute atomic E-state index is 0.114. The first-order valence-corrected chi connectivity index (χ1v) is 13.7. The molecule has 4 heterocycles. The molecule has 2 aromatic rings. The fourth-order valence-corrected chi connectivity index (χ4v) is 5.92. The van der Waals surface area contributed by atoms with Gasteiger partial charge in [-0.05, 0) is 37.8 Å². The van der Waals surface area contributed by atoms with E-state index >= 15 is 0 Å². The van der Waals surface area contributed by atoms with Crippen LogP contribution >= 0.6 is 0 Å². The first-order chi connectivity index (χ1) is 17.1. The van der Waals surface area contributed by atoms with Crippen LogP contribution in [0.1, 0.15) is 58.0 Å². The van der Waals surface area contributed by atoms with Crippen molar-refractivity contribution < 1.29 is 22.8 Å². The summed E-state index contributed by atoms with van der Waals surface area (Å²) < 4.78 is 26.8. The Labute approximate surface area is 209 Å². The zero-order valence-electron chi connectivity index (χ0n) is 19.9. The van der Waals surface area contributed by atoms with Gasteiger partial charge in [-0.3, -0.25) is 24.0 Å². The molecule has 1 aromatic carbocycles. The number of nitrogens with one attached hydrogen (secondary N) is 2. The van der Waals surface area contributed by atoms with Crippen molar-refractivity contribution in [3.05, 3.63) is 59.6 Å². The number of anilines is 1. The first-order valence-electron chi connectivity index (χ1n) is 11.8. The van der Waals surface area contributed by atoms with Gasteiger partial charge in [0.15, 0.2) is 0 Å². The summed E-state index contributed by atoms with van der Waals surface area (Å²) >= 11 is 0. The summed E-state index contributed by atoms with van der Waals surface area (Å²) in [4.78, 5) is 39.8. The molecule has 3 amide bonds. The van der Waals surface area contributed by atoms with Gasteiger partial charge < -0.3 is 10.6 Å². The van der Waals surface area contributed by atoms with Gasteiger partial charge in [-0.1, -0.05) is 12.6 Å². The van der Waals surface area contributed by atoms with Gasteiger partial charge in [-0.2, -0.15) is 5.10 Å². The molecule has 190 valence electrons. The predicted molar refractivity (Wildman–Crippen MR) is 131 cm³/mol. The summed E-state index contributed by atoms with van der Waals surface area (Å²) in [5.74, 6) is -1.36. The van der Waals surface area contributed by atoms with E-state index in [1.165, 1.54) is 10.6 Å². The summed E-state index contributed by atoms with van der Waals surface area (Å²) in [7, 11) is -3.18. The number of hydrogen-bond acceptors (Lipinski definition) is 7. The zero-order chi connectivity index (χ0) is 25.6. The Morgan fingerprint density at radius 3 is 2.58 bits per heavy atom. The Kier molecular flexibility index (Phi) is 6.17. The standard InChI is InChI=1S/C24H28N6O5S/c1-15-6-7-20(22(31)27-15)30-23(32)18-4-3-5-19(21(18)24(30)33)25-12-16-13-26-29(14-16)17-8-10-28(11-9-17)36(2,34)35/h3-5,13-14,17,20,25H,1,6-12H2,2H3,(H,27,31). The summed E-state index contributed by atoms with van der Waals surface area (Å²) in [5, 5.41) is 10.3. The third kappa shape index (κ3) is 4.42. The monoisotopic (exact) mass is 512 g/mol. The van der Waals surface area contributed by atoms with Gasteiger partial charge in [0.25, 0.3) is 11.8 Å². The van der Waals surface area contributed by atoms with E-state index in [1.807, 2.05) is 10.9 Å². The Balaban J connectivity index is 1.27. The number of sulfonamides is 1. The second kappa shape index (κ2) is 9.17. The molecule has 1 aromatic heterocycles. The van der Waals surface area contributed by atoms with Crippen LogP contribution in [0.3, 0.4) is 0 Å². The second-order valence-corrected chi connectivity index (χ2v) is 11.4. The number of carbonyl (C=O) groups excluding carboxylic acids is 3. The van der Waals surface area contributed by atoms with Crippen molar-refractivity contribution in [3.63, 3.8) is 0 Å². The number of allylic oxidation sites excluding steroid dienone is 1. The lowest BCUT2D eigenvalue weighted by atomic mass is 10.0. The predicted octanol–water partition coefficient (Wildman–Crippen LogP) is 1.48. The van der Waals surface area contributed by atoms with Gasteiger partial charge in [-0.25, -0.2) is 12.7 Å². The number of amides is 3. The van der Waals surface area contributed by atoms with Crippen molar-refractivity contribution in [3.8, 4) is 0 Å². The lowest BCUT2D eigenvalue weighted by Gasteiger charge is -2.30. The van der Waals surface area contributed by atoms with Crippen molar-refractivity contribution in [1.29, 1.82) is 0 Å². The Morgan fingerprint density at radius 1 is 1.14 bits per heavy atom. The van der Waals surface area contributed by atoms with Crippen LogP contribution in [0.25, 0.3) is 0 Å². The summed E-state index contributed by atoms with van der Waals surface area (Å²) in [5.41, 5.74) is 2.52. The molecule has 2 N–H and O–H groups in total. The molecule has 5 rings (SSSR count). The maximum Gasteiger partial charge on any atom is 0.264 e. The van der Waals surface area contributed by atoms with E-state index < -0.39 is 33.8 Å². The van der Waals surface area contributed by atoms with Gasteiger partial charge in [-0.15, -0.1) is 0 Å². The molecule has 11 nitrogen and oxygen atoms in total. The van der Waals surface area contributed by atoms with E-state index in [1.54, 1.807) is 24.4 Å². The number of piperidine rings is 2. The smallest absolute Gasteiger partial charge is 0.264 e. The average molecular weight is 513 g/mol. The minimum Gasteiger partial charge on any atom is -0.380 e. The van der Waals surface area contributed by atoms with Gasteiger partial charge >= 0.3 is 0 Å². The number of carbonyl (C=O) groups is 3. The highest BCUT2D eigenvalue weighted by molar-refractivity contribution is 7.88. The van der Waals surface area contributed by atoms with Crippen molar-refractivity contribution in [2.75, 3.05) is 24.7 Å². The molecular weight excluding hydrogens is 484 g/mol. The van der Waals surface area contributed by atoms with Crippen LogP contribution in [-0.4, -0.2) is 70.5 Å². The lowest BCUT2D eigenvalue weighted by molar-refractivity contribution is -0.125. The van der Waals surface area contributed by atoms with E-state index in [9.17, 15) is 22.8 Å². The zero-order valence-corrected chi connectivity index (χ0v) is 20.8. The van der Waals surface area contributed by atoms with Gasteiger partial charge in [0, 0.05) is 42.8 Å². The fraction of sp³-hybridized carbons (Fsp3) is 0.417. The van der Waals surface area contributed by atoms with Gasteiger partial charge in [0.05, 0.1) is 29.6 Å². The van der Waals surface area contributed by atoms with Crippen molar-refractivity contribution in [2.45, 2.75) is 44.3 Å². The number of imide groups is 1. The minimum atomic E-state index is -3.18. The van der Waals surface area contributed by atoms with Gasteiger partial charge in [0.1, 0.15) is 6.04 Å². The molecule has 0 spiro atoms. The van der Waals surface area contributed by atoms with E-state index in [0.717, 1.165) is 10.5 Å². The van der Waals surface area contributed by atoms with E-state index in [4.69, 9.17) is 0 Å². The molecule has 0 saturated carbocycles. The molecule has 2 fully saturated rings. The highest BCUT2D eigenvalue weighted by Crippen LogP contribution is 2.33. The molecule has 1 unspecified atom stereocenters. The molecule has 3 aliphatic heterocycles. The van der Waals surface area contributed by atoms with E-state index in [-0.39, 0.29) is 17.2 Å². The molecule has 3 aliphatic rings. The third-order valence-electron chi connectivity index (χ3n) is 6.98. The van der Waals surface area contributed by atoms with Crippen LogP contribution in [0.2, 0.25) is 0 Å². The Morgan fingerprint density at radius 2 is 1.89 bits per heavy atom. The maximum absolute atomic E-state index is 13.3. The molecule has 2 saturated heterocycles. The van der Waals surface area contributed by atoms with Crippen LogP contribution in [-0.2, 0) is 21.4 Å². The summed E-state index contributed by atoms with van der Waals surface area (Å²) in [6, 6.07) is 4.30. The van der Waals surface area contributed by atoms with E-state index in [2.05, 4.69) is 22.3 Å². The van der Waals surface area contributed by atoms with Crippen molar-refractivity contribution >= 4 is 33.4 Å². The Hall–Kier alpha value is -3.51. The topological polar surface area (TPSA) is 134 Å². The summed E-state index contributed by atoms with van der Waals surface area (Å²) in [6.45, 7) is 5.06. The van der Waals surface area contributed by atoms with Gasteiger partial charge in [0.2, 0.25) is 15.9 Å². The highest BCUT2D eigenvalue weighted by atomic mass is 32.2. The molecule has 0 radical (unpaired) electrons. The number of fused-ring (bicyclic) bond motifs is 1. The molecular formula is C24H28N6O5S. The fourth-order valence-electron chi connectivity index (χ4n) is 5.05. The van der Waals surface area contributed by atoms with Crippen LogP contribution in [0.4, 0.5) is 5.69 Å². The van der Waals surface area contributed by atoms with Crippen LogP contribution in [0, 0.1) is 0 Å². The number of aromatic nitrogens is 2. The molecule has 12 heteroatoms. The van der Waals surface area contributed by atoms with Crippen LogP contribution in [0.15, 0.2) is 42.9 Å². The largest absolute Gasteiger partial charge is 0.380 e. The van der Waals surface area contributed by atoms with Crippen LogP contribution < -0.4 is 10.6 Å². The Bertz CT molecular complexity index is 1360. The normalized spacial score (nSPS) is 21.6. The second-order valence-electron chi connectivity index (χ2n) is 9.43.